The number of hydrogen-bond donors (Lipinski definition) is 0. The number of rotatable bonds is 3. The highest BCUT2D eigenvalue weighted by atomic mass is 32.2. The maximum absolute atomic E-state index is 13.9. The normalized spacial score (nSPS) is 25.6. The third kappa shape index (κ3) is 3.08. The Hall–Kier alpha value is -1.81. The second-order valence-corrected chi connectivity index (χ2v) is 8.04. The minimum absolute atomic E-state index is 0.0442. The van der Waals surface area contributed by atoms with E-state index >= 15 is 0 Å². The molecule has 1 aromatic heterocycles. The molecule has 7 nitrogen and oxygen atoms in total. The van der Waals surface area contributed by atoms with Crippen LogP contribution < -0.4 is 0 Å². The molecule has 0 amide bonds. The zero-order valence-corrected chi connectivity index (χ0v) is 14.2. The second kappa shape index (κ2) is 6.49. The first kappa shape index (κ1) is 16.6. The fraction of sp³-hybridized carbons (Fsp3) is 0.438. The Morgan fingerprint density at radius 2 is 1.76 bits per heavy atom. The molecule has 2 fully saturated rings. The molecule has 3 heterocycles. The lowest BCUT2D eigenvalue weighted by atomic mass is 10.3. The molecule has 0 aliphatic carbocycles. The minimum Gasteiger partial charge on any atom is -0.372 e. The van der Waals surface area contributed by atoms with Crippen LogP contribution in [0.3, 0.4) is 0 Å². The molecule has 2 aromatic rings. The first-order valence-electron chi connectivity index (χ1n) is 8.03. The molecule has 4 rings (SSSR count). The maximum atomic E-state index is 13.9. The molecule has 0 saturated carbocycles. The summed E-state index contributed by atoms with van der Waals surface area (Å²) in [6.45, 7) is 1.06. The van der Waals surface area contributed by atoms with Gasteiger partial charge in [0.15, 0.2) is 0 Å². The molecule has 0 N–H and O–H groups in total. The lowest BCUT2D eigenvalue weighted by molar-refractivity contribution is -0.00461. The minimum atomic E-state index is -3.92. The summed E-state index contributed by atoms with van der Waals surface area (Å²) in [6, 6.07) is 7.17. The van der Waals surface area contributed by atoms with Crippen molar-refractivity contribution in [3.8, 4) is 0 Å². The fourth-order valence-electron chi connectivity index (χ4n) is 3.19. The molecule has 2 aliphatic heterocycles. The van der Waals surface area contributed by atoms with Crippen molar-refractivity contribution in [2.45, 2.75) is 23.1 Å². The monoisotopic (exact) mass is 367 g/mol. The Bertz CT molecular complexity index is 827. The van der Waals surface area contributed by atoms with E-state index in [9.17, 15) is 12.8 Å². The van der Waals surface area contributed by atoms with Gasteiger partial charge in [-0.05, 0) is 18.2 Å². The number of aromatic nitrogens is 2. The number of ether oxygens (including phenoxy) is 2. The van der Waals surface area contributed by atoms with Crippen molar-refractivity contribution in [3.63, 3.8) is 0 Å². The lowest BCUT2D eigenvalue weighted by Gasteiger charge is -2.19. The number of fused-ring (bicyclic) bond motifs is 1. The predicted octanol–water partition coefficient (Wildman–Crippen LogP) is 1.05. The van der Waals surface area contributed by atoms with Crippen LogP contribution in [0.25, 0.3) is 0 Å². The molecule has 0 spiro atoms. The molecule has 2 atom stereocenters. The van der Waals surface area contributed by atoms with E-state index in [2.05, 4.69) is 5.10 Å². The highest BCUT2D eigenvalue weighted by Gasteiger charge is 2.43. The van der Waals surface area contributed by atoms with Gasteiger partial charge in [-0.1, -0.05) is 12.1 Å². The molecule has 0 radical (unpaired) electrons. The van der Waals surface area contributed by atoms with Crippen LogP contribution in [0.1, 0.15) is 6.04 Å². The van der Waals surface area contributed by atoms with Crippen LogP contribution in [0.4, 0.5) is 4.39 Å². The van der Waals surface area contributed by atoms with E-state index in [4.69, 9.17) is 9.47 Å². The molecule has 2 aliphatic rings. The number of sulfonamides is 1. The Morgan fingerprint density at radius 1 is 1.08 bits per heavy atom. The summed E-state index contributed by atoms with van der Waals surface area (Å²) in [7, 11) is -3.92. The van der Waals surface area contributed by atoms with Gasteiger partial charge in [-0.3, -0.25) is 4.68 Å². The topological polar surface area (TPSA) is 73.7 Å². The summed E-state index contributed by atoms with van der Waals surface area (Å²) >= 11 is 0. The van der Waals surface area contributed by atoms with Gasteiger partial charge in [0, 0.05) is 25.5 Å². The van der Waals surface area contributed by atoms with Crippen molar-refractivity contribution in [1.82, 2.24) is 14.1 Å². The molecular weight excluding hydrogens is 349 g/mol. The van der Waals surface area contributed by atoms with Crippen LogP contribution in [0, 0.1) is 5.82 Å². The van der Waals surface area contributed by atoms with Gasteiger partial charge in [0.05, 0.1) is 31.5 Å². The first-order valence-corrected chi connectivity index (χ1v) is 9.47. The van der Waals surface area contributed by atoms with Crippen LogP contribution in [-0.4, -0.2) is 61.0 Å². The Kier molecular flexibility index (Phi) is 4.32. The Morgan fingerprint density at radius 3 is 2.36 bits per heavy atom. The quantitative estimate of drug-likeness (QED) is 0.811. The third-order valence-electron chi connectivity index (χ3n) is 4.54. The van der Waals surface area contributed by atoms with Gasteiger partial charge in [-0.25, -0.2) is 12.8 Å². The summed E-state index contributed by atoms with van der Waals surface area (Å²) in [5, 5.41) is 4.19. The van der Waals surface area contributed by atoms with Gasteiger partial charge in [0.25, 0.3) is 0 Å². The summed E-state index contributed by atoms with van der Waals surface area (Å²) in [5.41, 5.74) is 0. The highest BCUT2D eigenvalue weighted by Crippen LogP contribution is 2.28. The molecule has 2 saturated heterocycles. The van der Waals surface area contributed by atoms with Gasteiger partial charge < -0.3 is 9.47 Å². The maximum Gasteiger partial charge on any atom is 0.246 e. The molecular formula is C16H18FN3O4S. The average Bonchev–Trinajstić information content (AvgIpc) is 3.23. The number of nitrogens with zero attached hydrogens (tertiary/aromatic N) is 3. The second-order valence-electron chi connectivity index (χ2n) is 6.14. The fourth-order valence-corrected chi connectivity index (χ4v) is 4.72. The van der Waals surface area contributed by atoms with Crippen molar-refractivity contribution in [2.24, 2.45) is 0 Å². The van der Waals surface area contributed by atoms with Crippen LogP contribution in [0.15, 0.2) is 47.6 Å². The smallest absolute Gasteiger partial charge is 0.246 e. The summed E-state index contributed by atoms with van der Waals surface area (Å²) in [6.07, 6.45) is 2.78. The standard InChI is InChI=1S/C16H18FN3O4S/c17-13-4-1-2-5-16(13)25(21,22)19-8-14-15(9-19)24-11-12(10-23-14)20-7-3-6-18-20/h1-7,12,14-15H,8-11H2/t14-,15-/m0/s1. The summed E-state index contributed by atoms with van der Waals surface area (Å²) < 4.78 is 54.0. The Balaban J connectivity index is 1.49. The van der Waals surface area contributed by atoms with Gasteiger partial charge in [0.1, 0.15) is 10.7 Å². The average molecular weight is 367 g/mol. The molecule has 1 aromatic carbocycles. The predicted molar refractivity (Wildman–Crippen MR) is 85.9 cm³/mol. The van der Waals surface area contributed by atoms with E-state index in [-0.39, 0.29) is 36.2 Å². The lowest BCUT2D eigenvalue weighted by Crippen LogP contribution is -2.32. The van der Waals surface area contributed by atoms with Gasteiger partial charge >= 0.3 is 0 Å². The van der Waals surface area contributed by atoms with Crippen molar-refractivity contribution >= 4 is 10.0 Å². The molecule has 0 unspecified atom stereocenters. The van der Waals surface area contributed by atoms with E-state index in [0.717, 1.165) is 6.07 Å². The van der Waals surface area contributed by atoms with Crippen molar-refractivity contribution in [3.05, 3.63) is 48.5 Å². The molecule has 25 heavy (non-hydrogen) atoms. The van der Waals surface area contributed by atoms with E-state index in [1.165, 1.54) is 22.5 Å². The third-order valence-corrected chi connectivity index (χ3v) is 6.41. The largest absolute Gasteiger partial charge is 0.372 e. The van der Waals surface area contributed by atoms with Gasteiger partial charge in [-0.2, -0.15) is 9.40 Å². The van der Waals surface area contributed by atoms with E-state index in [1.807, 2.05) is 12.3 Å². The van der Waals surface area contributed by atoms with Crippen LogP contribution in [-0.2, 0) is 19.5 Å². The van der Waals surface area contributed by atoms with Crippen LogP contribution in [0.5, 0.6) is 0 Å². The SMILES string of the molecule is O=S(=O)(c1ccccc1F)N1C[C@@H]2OCC(n3cccn3)CO[C@H]2C1. The number of benzene rings is 1. The van der Waals surface area contributed by atoms with E-state index in [1.54, 1.807) is 10.9 Å². The zero-order valence-electron chi connectivity index (χ0n) is 13.4. The van der Waals surface area contributed by atoms with Gasteiger partial charge in [0.2, 0.25) is 10.0 Å². The first-order chi connectivity index (χ1) is 12.1. The van der Waals surface area contributed by atoms with Crippen LogP contribution >= 0.6 is 0 Å². The summed E-state index contributed by atoms with van der Waals surface area (Å²) in [4.78, 5) is -0.319. The molecule has 0 bridgehead atoms. The molecule has 9 heteroatoms. The Labute approximate surface area is 145 Å². The van der Waals surface area contributed by atoms with Gasteiger partial charge in [-0.15, -0.1) is 0 Å². The van der Waals surface area contributed by atoms with E-state index in [0.29, 0.717) is 13.2 Å². The number of hydrogen-bond acceptors (Lipinski definition) is 5. The van der Waals surface area contributed by atoms with Crippen LogP contribution in [0.2, 0.25) is 0 Å². The highest BCUT2D eigenvalue weighted by molar-refractivity contribution is 7.89. The van der Waals surface area contributed by atoms with E-state index < -0.39 is 15.8 Å². The van der Waals surface area contributed by atoms with Crippen molar-refractivity contribution in [2.75, 3.05) is 26.3 Å². The zero-order chi connectivity index (χ0) is 17.4. The molecule has 134 valence electrons. The van der Waals surface area contributed by atoms with Crippen molar-refractivity contribution in [1.29, 1.82) is 0 Å². The number of halogens is 1. The summed E-state index contributed by atoms with van der Waals surface area (Å²) in [5.74, 6) is -0.754. The van der Waals surface area contributed by atoms with Crippen molar-refractivity contribution < 1.29 is 22.3 Å².